The van der Waals surface area contributed by atoms with E-state index in [1.54, 1.807) is 0 Å². The van der Waals surface area contributed by atoms with Gasteiger partial charge in [0, 0.05) is 43.8 Å². The maximum atomic E-state index is 10.9. The van der Waals surface area contributed by atoms with Gasteiger partial charge in [0.25, 0.3) is 0 Å². The summed E-state index contributed by atoms with van der Waals surface area (Å²) in [4.78, 5) is 10.9. The molecule has 1 amide bonds. The second-order valence-corrected chi connectivity index (χ2v) is 8.40. The van der Waals surface area contributed by atoms with Crippen LogP contribution in [0.4, 0.5) is 16.2 Å². The van der Waals surface area contributed by atoms with Crippen molar-refractivity contribution >= 4 is 17.5 Å². The molecule has 2 atom stereocenters. The van der Waals surface area contributed by atoms with E-state index < -0.39 is 6.09 Å². The lowest BCUT2D eigenvalue weighted by molar-refractivity contribution is -0.00180. The Labute approximate surface area is 163 Å². The first-order chi connectivity index (χ1) is 13.0. The minimum Gasteiger partial charge on any atom is -0.465 e. The Kier molecular flexibility index (Phi) is 6.77. The topological polar surface area (TPSA) is 52.6 Å². The number of aryl methyl sites for hydroxylation is 1. The molecule has 4 rings (SSSR count). The van der Waals surface area contributed by atoms with Crippen LogP contribution >= 0.6 is 0 Å². The molecule has 1 aromatic carbocycles. The highest BCUT2D eigenvalue weighted by atomic mass is 16.4. The van der Waals surface area contributed by atoms with Gasteiger partial charge in [-0.05, 0) is 38.3 Å². The van der Waals surface area contributed by atoms with Crippen molar-refractivity contribution in [1.82, 2.24) is 9.60 Å². The number of amides is 1. The Morgan fingerprint density at radius 3 is 2.19 bits per heavy atom. The van der Waals surface area contributed by atoms with Crippen LogP contribution in [0, 0.1) is 6.92 Å². The van der Waals surface area contributed by atoms with Gasteiger partial charge >= 0.3 is 6.09 Å². The Balaban J connectivity index is 0.000000364. The van der Waals surface area contributed by atoms with Gasteiger partial charge in [-0.25, -0.2) is 9.39 Å². The molecule has 5 nitrogen and oxygen atoms in total. The van der Waals surface area contributed by atoms with E-state index >= 15 is 0 Å². The number of rotatable bonds is 3. The Bertz CT molecular complexity index is 631. The molecule has 150 valence electrons. The van der Waals surface area contributed by atoms with Crippen LogP contribution in [0.3, 0.4) is 0 Å². The van der Waals surface area contributed by atoms with Gasteiger partial charge in [0.05, 0.1) is 0 Å². The van der Waals surface area contributed by atoms with Gasteiger partial charge < -0.3 is 5.11 Å². The third-order valence-electron chi connectivity index (χ3n) is 6.59. The Hall–Kier alpha value is -1.59. The molecule has 2 N–H and O–H groups in total. The predicted molar refractivity (Wildman–Crippen MR) is 112 cm³/mol. The summed E-state index contributed by atoms with van der Waals surface area (Å²) in [6, 6.07) is 6.79. The molecule has 1 saturated carbocycles. The number of carboxylic acid groups (broad SMARTS) is 1. The van der Waals surface area contributed by atoms with E-state index in [9.17, 15) is 4.79 Å². The molecule has 3 aliphatic rings. The molecule has 3 fully saturated rings. The van der Waals surface area contributed by atoms with E-state index in [-0.39, 0.29) is 0 Å². The Morgan fingerprint density at radius 2 is 1.70 bits per heavy atom. The number of benzene rings is 1. The number of anilines is 1. The van der Waals surface area contributed by atoms with Crippen LogP contribution in [0.15, 0.2) is 18.2 Å². The van der Waals surface area contributed by atoms with Crippen LogP contribution in [-0.2, 0) is 0 Å². The SMILES string of the molecule is C1CCCC1.Cc1cc([N@+]2(N3CCCC3)CCC[C@@H]2C)ccc1NC(=O)O. The summed E-state index contributed by atoms with van der Waals surface area (Å²) in [5, 5.41) is 14.0. The molecule has 2 saturated heterocycles. The smallest absolute Gasteiger partial charge is 0.409 e. The van der Waals surface area contributed by atoms with Gasteiger partial charge in [-0.2, -0.15) is 0 Å². The average Bonchev–Trinajstić information content (AvgIpc) is 3.40. The highest BCUT2D eigenvalue weighted by Crippen LogP contribution is 2.39. The molecule has 0 aromatic heterocycles. The first-order valence-electron chi connectivity index (χ1n) is 10.8. The fourth-order valence-electron chi connectivity index (χ4n) is 5.11. The highest BCUT2D eigenvalue weighted by Gasteiger charge is 2.47. The van der Waals surface area contributed by atoms with Gasteiger partial charge in [0.1, 0.15) is 12.6 Å². The van der Waals surface area contributed by atoms with Crippen molar-refractivity contribution in [3.63, 3.8) is 0 Å². The lowest BCUT2D eigenvalue weighted by atomic mass is 10.1. The van der Waals surface area contributed by atoms with Crippen LogP contribution in [0.25, 0.3) is 0 Å². The molecule has 2 heterocycles. The van der Waals surface area contributed by atoms with Gasteiger partial charge in [-0.3, -0.25) is 5.32 Å². The minimum absolute atomic E-state index is 0.593. The van der Waals surface area contributed by atoms with Gasteiger partial charge in [-0.1, -0.05) is 32.1 Å². The van der Waals surface area contributed by atoms with E-state index in [0.717, 1.165) is 16.7 Å². The molecule has 2 aliphatic heterocycles. The van der Waals surface area contributed by atoms with Crippen molar-refractivity contribution in [2.75, 3.05) is 25.0 Å². The maximum absolute atomic E-state index is 10.9. The largest absolute Gasteiger partial charge is 0.465 e. The molecule has 5 heteroatoms. The zero-order valence-corrected chi connectivity index (χ0v) is 17.0. The molecule has 1 aliphatic carbocycles. The standard InChI is InChI=1S/C17H25N3O2.C5H10/c1-13-12-15(7-8-16(13)18-17(21)22)20(11-5-6-14(20)2)19-9-3-4-10-19;1-2-4-5-3-1/h7-8,12,14,18H,3-6,9-11H2,1-2H3;1-5H2/p+1/t14-,20-;/m0./s1. The molecule has 0 radical (unpaired) electrons. The number of hydrogen-bond donors (Lipinski definition) is 2. The van der Waals surface area contributed by atoms with E-state index in [4.69, 9.17) is 5.11 Å². The van der Waals surface area contributed by atoms with Crippen molar-refractivity contribution in [3.05, 3.63) is 23.8 Å². The summed E-state index contributed by atoms with van der Waals surface area (Å²) in [6.45, 7) is 7.82. The second kappa shape index (κ2) is 9.07. The highest BCUT2D eigenvalue weighted by molar-refractivity contribution is 5.84. The number of hydrogen-bond acceptors (Lipinski definition) is 2. The van der Waals surface area contributed by atoms with Crippen LogP contribution in [0.2, 0.25) is 0 Å². The summed E-state index contributed by atoms with van der Waals surface area (Å²) in [5.74, 6) is 0. The predicted octanol–water partition coefficient (Wildman–Crippen LogP) is 5.54. The van der Waals surface area contributed by atoms with Crippen molar-refractivity contribution in [2.24, 2.45) is 0 Å². The number of nitrogens with one attached hydrogen (secondary N) is 1. The molecule has 0 unspecified atom stereocenters. The number of nitrogens with zero attached hydrogens (tertiary/aromatic N) is 2. The molecule has 0 spiro atoms. The van der Waals surface area contributed by atoms with Crippen LogP contribution in [-0.4, -0.2) is 41.9 Å². The summed E-state index contributed by atoms with van der Waals surface area (Å²) >= 11 is 0. The molecule has 27 heavy (non-hydrogen) atoms. The van der Waals surface area contributed by atoms with Crippen LogP contribution in [0.1, 0.15) is 70.3 Å². The average molecular weight is 375 g/mol. The van der Waals surface area contributed by atoms with Gasteiger partial charge in [-0.15, -0.1) is 5.01 Å². The lowest BCUT2D eigenvalue weighted by Gasteiger charge is -2.44. The molecular formula is C22H36N3O2+. The number of quaternary nitrogens is 1. The van der Waals surface area contributed by atoms with Crippen molar-refractivity contribution in [1.29, 1.82) is 0 Å². The van der Waals surface area contributed by atoms with Crippen molar-refractivity contribution in [3.8, 4) is 0 Å². The van der Waals surface area contributed by atoms with E-state index in [2.05, 4.69) is 29.4 Å². The molecule has 1 aromatic rings. The van der Waals surface area contributed by atoms with Crippen LogP contribution < -0.4 is 9.91 Å². The van der Waals surface area contributed by atoms with E-state index in [1.165, 1.54) is 76.6 Å². The van der Waals surface area contributed by atoms with Gasteiger partial charge in [0.2, 0.25) is 0 Å². The first-order valence-corrected chi connectivity index (χ1v) is 10.8. The fraction of sp³-hybridized carbons (Fsp3) is 0.682. The Morgan fingerprint density at radius 1 is 1.07 bits per heavy atom. The van der Waals surface area contributed by atoms with Crippen molar-refractivity contribution in [2.45, 2.75) is 77.7 Å². The zero-order valence-electron chi connectivity index (χ0n) is 17.0. The van der Waals surface area contributed by atoms with E-state index in [0.29, 0.717) is 11.7 Å². The second-order valence-electron chi connectivity index (χ2n) is 8.40. The minimum atomic E-state index is -1.01. The normalized spacial score (nSPS) is 28.0. The van der Waals surface area contributed by atoms with Crippen LogP contribution in [0.5, 0.6) is 0 Å². The summed E-state index contributed by atoms with van der Waals surface area (Å²) in [6.07, 6.45) is 11.6. The van der Waals surface area contributed by atoms with Gasteiger partial charge in [0.15, 0.2) is 5.69 Å². The number of carbonyl (C=O) groups is 1. The quantitative estimate of drug-likeness (QED) is 0.683. The fourth-order valence-corrected chi connectivity index (χ4v) is 5.11. The summed E-state index contributed by atoms with van der Waals surface area (Å²) in [5.41, 5.74) is 2.98. The first kappa shape index (κ1) is 20.2. The molecule has 0 bridgehead atoms. The summed E-state index contributed by atoms with van der Waals surface area (Å²) < 4.78 is 0.953. The van der Waals surface area contributed by atoms with E-state index in [1.807, 2.05) is 13.0 Å². The molecular weight excluding hydrogens is 338 g/mol. The monoisotopic (exact) mass is 374 g/mol. The maximum Gasteiger partial charge on any atom is 0.409 e. The van der Waals surface area contributed by atoms with Crippen molar-refractivity contribution < 1.29 is 9.90 Å². The zero-order chi connectivity index (χ0) is 19.3. The lowest BCUT2D eigenvalue weighted by Crippen LogP contribution is -2.62. The third kappa shape index (κ3) is 4.46. The summed E-state index contributed by atoms with van der Waals surface area (Å²) in [7, 11) is 0. The third-order valence-corrected chi connectivity index (χ3v) is 6.59.